The lowest BCUT2D eigenvalue weighted by molar-refractivity contribution is 0.256. The van der Waals surface area contributed by atoms with E-state index in [1.807, 2.05) is 24.3 Å². The van der Waals surface area contributed by atoms with Crippen LogP contribution < -0.4 is 10.2 Å². The SMILES string of the molecule is O=C(Nc1c(F)cccc1F)N1CCCc2ccccc21. The Morgan fingerprint density at radius 3 is 2.52 bits per heavy atom. The molecule has 0 bridgehead atoms. The van der Waals surface area contributed by atoms with Crippen LogP contribution in [0.25, 0.3) is 0 Å². The molecule has 21 heavy (non-hydrogen) atoms. The lowest BCUT2D eigenvalue weighted by Crippen LogP contribution is -2.39. The van der Waals surface area contributed by atoms with Crippen molar-refractivity contribution >= 4 is 17.4 Å². The average Bonchev–Trinajstić information content (AvgIpc) is 2.50. The predicted octanol–water partition coefficient (Wildman–Crippen LogP) is 3.95. The van der Waals surface area contributed by atoms with E-state index in [0.717, 1.165) is 36.2 Å². The van der Waals surface area contributed by atoms with Crippen LogP contribution in [0.5, 0.6) is 0 Å². The van der Waals surface area contributed by atoms with Crippen molar-refractivity contribution < 1.29 is 13.6 Å². The summed E-state index contributed by atoms with van der Waals surface area (Å²) in [7, 11) is 0. The zero-order chi connectivity index (χ0) is 14.8. The summed E-state index contributed by atoms with van der Waals surface area (Å²) in [5.41, 5.74) is 1.44. The predicted molar refractivity (Wildman–Crippen MR) is 77.5 cm³/mol. The lowest BCUT2D eigenvalue weighted by atomic mass is 10.0. The minimum atomic E-state index is -0.784. The molecule has 0 aliphatic carbocycles. The molecule has 0 fully saturated rings. The maximum absolute atomic E-state index is 13.6. The molecule has 0 aromatic heterocycles. The molecule has 0 unspecified atom stereocenters. The van der Waals surface area contributed by atoms with E-state index in [0.29, 0.717) is 6.54 Å². The fraction of sp³-hybridized carbons (Fsp3) is 0.188. The van der Waals surface area contributed by atoms with Crippen LogP contribution in [-0.4, -0.2) is 12.6 Å². The van der Waals surface area contributed by atoms with Crippen LogP contribution in [-0.2, 0) is 6.42 Å². The summed E-state index contributed by atoms with van der Waals surface area (Å²) < 4.78 is 27.2. The molecule has 0 radical (unpaired) electrons. The Labute approximate surface area is 121 Å². The van der Waals surface area contributed by atoms with Crippen molar-refractivity contribution in [2.24, 2.45) is 0 Å². The smallest absolute Gasteiger partial charge is 0.302 e. The first-order chi connectivity index (χ1) is 10.2. The Hall–Kier alpha value is -2.43. The van der Waals surface area contributed by atoms with Gasteiger partial charge in [0.1, 0.15) is 17.3 Å². The Morgan fingerprint density at radius 2 is 1.76 bits per heavy atom. The number of rotatable bonds is 1. The first kappa shape index (κ1) is 13.5. The van der Waals surface area contributed by atoms with Gasteiger partial charge in [0.2, 0.25) is 0 Å². The van der Waals surface area contributed by atoms with Crippen LogP contribution in [0.4, 0.5) is 25.0 Å². The Bertz CT molecular complexity index is 667. The summed E-state index contributed by atoms with van der Waals surface area (Å²) in [5.74, 6) is -1.57. The third kappa shape index (κ3) is 2.59. The molecule has 5 heteroatoms. The van der Waals surface area contributed by atoms with Gasteiger partial charge in [0.25, 0.3) is 0 Å². The number of para-hydroxylation sites is 2. The van der Waals surface area contributed by atoms with Gasteiger partial charge in [-0.25, -0.2) is 13.6 Å². The van der Waals surface area contributed by atoms with Crippen LogP contribution in [0.1, 0.15) is 12.0 Å². The maximum atomic E-state index is 13.6. The number of carbonyl (C=O) groups is 1. The summed E-state index contributed by atoms with van der Waals surface area (Å²) in [5, 5.41) is 2.33. The number of urea groups is 1. The van der Waals surface area contributed by atoms with E-state index in [1.165, 1.54) is 11.0 Å². The Morgan fingerprint density at radius 1 is 1.05 bits per heavy atom. The first-order valence-corrected chi connectivity index (χ1v) is 6.77. The molecule has 2 amide bonds. The third-order valence-corrected chi connectivity index (χ3v) is 3.55. The Balaban J connectivity index is 1.87. The number of hydrogen-bond acceptors (Lipinski definition) is 1. The van der Waals surface area contributed by atoms with Gasteiger partial charge >= 0.3 is 6.03 Å². The summed E-state index contributed by atoms with van der Waals surface area (Å²) in [6.07, 6.45) is 1.72. The number of nitrogens with one attached hydrogen (secondary N) is 1. The third-order valence-electron chi connectivity index (χ3n) is 3.55. The molecule has 108 valence electrons. The highest BCUT2D eigenvalue weighted by molar-refractivity contribution is 6.02. The standard InChI is InChI=1S/C16H14F2N2O/c17-12-7-3-8-13(18)15(12)19-16(21)20-10-4-6-11-5-1-2-9-14(11)20/h1-3,5,7-9H,4,6,10H2,(H,19,21). The Kier molecular flexibility index (Phi) is 3.56. The molecule has 1 aliphatic rings. The number of fused-ring (bicyclic) bond motifs is 1. The fourth-order valence-electron chi connectivity index (χ4n) is 2.54. The van der Waals surface area contributed by atoms with Crippen molar-refractivity contribution in [3.8, 4) is 0 Å². The second-order valence-corrected chi connectivity index (χ2v) is 4.91. The largest absolute Gasteiger partial charge is 0.326 e. The molecule has 2 aromatic carbocycles. The van der Waals surface area contributed by atoms with Crippen molar-refractivity contribution in [2.45, 2.75) is 12.8 Å². The number of nitrogens with zero attached hydrogens (tertiary/aromatic N) is 1. The number of benzene rings is 2. The number of carbonyl (C=O) groups excluding carboxylic acids is 1. The molecule has 0 atom stereocenters. The van der Waals surface area contributed by atoms with E-state index in [-0.39, 0.29) is 0 Å². The molecule has 1 aliphatic heterocycles. The van der Waals surface area contributed by atoms with E-state index >= 15 is 0 Å². The van der Waals surface area contributed by atoms with Crippen molar-refractivity contribution in [1.29, 1.82) is 0 Å². The van der Waals surface area contributed by atoms with Crippen LogP contribution >= 0.6 is 0 Å². The lowest BCUT2D eigenvalue weighted by Gasteiger charge is -2.29. The monoisotopic (exact) mass is 288 g/mol. The summed E-state index contributed by atoms with van der Waals surface area (Å²) in [6, 6.07) is 10.5. The molecule has 0 spiro atoms. The average molecular weight is 288 g/mol. The number of hydrogen-bond donors (Lipinski definition) is 1. The quantitative estimate of drug-likeness (QED) is 0.846. The van der Waals surface area contributed by atoms with Crippen molar-refractivity contribution in [2.75, 3.05) is 16.8 Å². The highest BCUT2D eigenvalue weighted by atomic mass is 19.1. The van der Waals surface area contributed by atoms with E-state index < -0.39 is 23.4 Å². The molecular formula is C16H14F2N2O. The van der Waals surface area contributed by atoms with E-state index in [1.54, 1.807) is 0 Å². The van der Waals surface area contributed by atoms with Crippen LogP contribution in [0.15, 0.2) is 42.5 Å². The van der Waals surface area contributed by atoms with Gasteiger partial charge in [-0.1, -0.05) is 24.3 Å². The molecule has 0 saturated heterocycles. The van der Waals surface area contributed by atoms with Gasteiger partial charge in [0, 0.05) is 12.2 Å². The number of anilines is 2. The molecule has 0 saturated carbocycles. The van der Waals surface area contributed by atoms with Gasteiger partial charge in [0.15, 0.2) is 0 Å². The van der Waals surface area contributed by atoms with Crippen molar-refractivity contribution in [1.82, 2.24) is 0 Å². The highest BCUT2D eigenvalue weighted by Gasteiger charge is 2.23. The highest BCUT2D eigenvalue weighted by Crippen LogP contribution is 2.28. The molecular weight excluding hydrogens is 274 g/mol. The van der Waals surface area contributed by atoms with Crippen LogP contribution in [0.2, 0.25) is 0 Å². The van der Waals surface area contributed by atoms with E-state index in [4.69, 9.17) is 0 Å². The number of amides is 2. The summed E-state index contributed by atoms with van der Waals surface area (Å²) in [6.45, 7) is 0.527. The number of aryl methyl sites for hydroxylation is 1. The summed E-state index contributed by atoms with van der Waals surface area (Å²) >= 11 is 0. The molecule has 1 N–H and O–H groups in total. The van der Waals surface area contributed by atoms with Gasteiger partial charge in [-0.3, -0.25) is 4.90 Å². The van der Waals surface area contributed by atoms with E-state index in [2.05, 4.69) is 5.32 Å². The van der Waals surface area contributed by atoms with Crippen molar-refractivity contribution in [3.63, 3.8) is 0 Å². The molecule has 3 nitrogen and oxygen atoms in total. The molecule has 2 aromatic rings. The second-order valence-electron chi connectivity index (χ2n) is 4.91. The zero-order valence-corrected chi connectivity index (χ0v) is 11.3. The molecule has 3 rings (SSSR count). The molecule has 1 heterocycles. The minimum absolute atomic E-state index is 0.412. The van der Waals surface area contributed by atoms with Crippen LogP contribution in [0.3, 0.4) is 0 Å². The van der Waals surface area contributed by atoms with Gasteiger partial charge in [-0.05, 0) is 36.6 Å². The van der Waals surface area contributed by atoms with Crippen molar-refractivity contribution in [3.05, 3.63) is 59.7 Å². The van der Waals surface area contributed by atoms with Crippen LogP contribution in [0, 0.1) is 11.6 Å². The second kappa shape index (κ2) is 5.52. The minimum Gasteiger partial charge on any atom is -0.302 e. The van der Waals surface area contributed by atoms with Gasteiger partial charge < -0.3 is 5.32 Å². The maximum Gasteiger partial charge on any atom is 0.326 e. The number of halogens is 2. The van der Waals surface area contributed by atoms with Gasteiger partial charge in [-0.15, -0.1) is 0 Å². The topological polar surface area (TPSA) is 32.3 Å². The normalized spacial score (nSPS) is 13.7. The fourth-order valence-corrected chi connectivity index (χ4v) is 2.54. The van der Waals surface area contributed by atoms with Gasteiger partial charge in [-0.2, -0.15) is 0 Å². The van der Waals surface area contributed by atoms with Gasteiger partial charge in [0.05, 0.1) is 0 Å². The van der Waals surface area contributed by atoms with E-state index in [9.17, 15) is 13.6 Å². The summed E-state index contributed by atoms with van der Waals surface area (Å²) in [4.78, 5) is 13.8. The zero-order valence-electron chi connectivity index (χ0n) is 11.3. The first-order valence-electron chi connectivity index (χ1n) is 6.77.